The molecule has 2 rings (SSSR count). The van der Waals surface area contributed by atoms with Gasteiger partial charge in [-0.2, -0.15) is 0 Å². The Kier molecular flexibility index (Phi) is 3.72. The molecule has 1 aromatic carbocycles. The van der Waals surface area contributed by atoms with Crippen LogP contribution in [0.15, 0.2) is 12.1 Å². The van der Waals surface area contributed by atoms with Gasteiger partial charge in [-0.15, -0.1) is 0 Å². The van der Waals surface area contributed by atoms with Gasteiger partial charge in [0, 0.05) is 25.4 Å². The zero-order valence-electron chi connectivity index (χ0n) is 11.2. The summed E-state index contributed by atoms with van der Waals surface area (Å²) in [7, 11) is 0. The van der Waals surface area contributed by atoms with Gasteiger partial charge in [-0.1, -0.05) is 17.7 Å². The number of anilines is 1. The van der Waals surface area contributed by atoms with E-state index in [9.17, 15) is 5.11 Å². The van der Waals surface area contributed by atoms with Crippen molar-refractivity contribution in [2.24, 2.45) is 5.92 Å². The summed E-state index contributed by atoms with van der Waals surface area (Å²) in [6.07, 6.45) is 2.36. The zero-order valence-corrected chi connectivity index (χ0v) is 11.2. The van der Waals surface area contributed by atoms with E-state index in [-0.39, 0.29) is 0 Å². The van der Waals surface area contributed by atoms with Crippen LogP contribution in [0.3, 0.4) is 0 Å². The van der Waals surface area contributed by atoms with Crippen LogP contribution >= 0.6 is 0 Å². The summed E-state index contributed by atoms with van der Waals surface area (Å²) >= 11 is 0. The van der Waals surface area contributed by atoms with Gasteiger partial charge in [0.25, 0.3) is 0 Å². The van der Waals surface area contributed by atoms with Gasteiger partial charge in [0.15, 0.2) is 0 Å². The average Bonchev–Trinajstić information content (AvgIpc) is 2.28. The number of aliphatic hydroxyl groups excluding tert-OH is 1. The Morgan fingerprint density at radius 1 is 1.24 bits per heavy atom. The lowest BCUT2D eigenvalue weighted by atomic mass is 9.96. The van der Waals surface area contributed by atoms with Crippen molar-refractivity contribution in [3.05, 3.63) is 28.8 Å². The standard InChI is InChI=1S/C15H23NO/c1-11-7-12(2)15(13(3)8-11)16-6-4-5-14(9-16)10-17/h7-8,14,17H,4-6,9-10H2,1-3H3. The van der Waals surface area contributed by atoms with Crippen LogP contribution in [0.25, 0.3) is 0 Å². The molecule has 0 radical (unpaired) electrons. The molecule has 0 amide bonds. The molecule has 0 bridgehead atoms. The van der Waals surface area contributed by atoms with Crippen LogP contribution < -0.4 is 4.90 Å². The maximum Gasteiger partial charge on any atom is 0.0476 e. The van der Waals surface area contributed by atoms with E-state index in [0.29, 0.717) is 12.5 Å². The summed E-state index contributed by atoms with van der Waals surface area (Å²) in [5, 5.41) is 9.31. The fraction of sp³-hybridized carbons (Fsp3) is 0.600. The van der Waals surface area contributed by atoms with Crippen LogP contribution in [0, 0.1) is 26.7 Å². The minimum absolute atomic E-state index is 0.320. The highest BCUT2D eigenvalue weighted by atomic mass is 16.3. The highest BCUT2D eigenvalue weighted by Crippen LogP contribution is 2.30. The summed E-state index contributed by atoms with van der Waals surface area (Å²) < 4.78 is 0. The Hall–Kier alpha value is -1.02. The topological polar surface area (TPSA) is 23.5 Å². The zero-order chi connectivity index (χ0) is 12.4. The molecule has 1 N–H and O–H groups in total. The molecule has 1 fully saturated rings. The van der Waals surface area contributed by atoms with E-state index in [4.69, 9.17) is 0 Å². The van der Waals surface area contributed by atoms with Gasteiger partial charge >= 0.3 is 0 Å². The summed E-state index contributed by atoms with van der Waals surface area (Å²) in [5.41, 5.74) is 5.44. The van der Waals surface area contributed by atoms with Crippen molar-refractivity contribution in [3.63, 3.8) is 0 Å². The minimum atomic E-state index is 0.320. The fourth-order valence-electron chi connectivity index (χ4n) is 3.09. The van der Waals surface area contributed by atoms with E-state index >= 15 is 0 Å². The molecule has 0 aliphatic carbocycles. The molecule has 1 unspecified atom stereocenters. The van der Waals surface area contributed by atoms with Crippen LogP contribution in [-0.4, -0.2) is 24.8 Å². The first kappa shape index (κ1) is 12.4. The maximum atomic E-state index is 9.31. The van der Waals surface area contributed by atoms with E-state index in [1.54, 1.807) is 0 Å². The molecule has 17 heavy (non-hydrogen) atoms. The van der Waals surface area contributed by atoms with Crippen molar-refractivity contribution >= 4 is 5.69 Å². The first-order valence-corrected chi connectivity index (χ1v) is 6.55. The van der Waals surface area contributed by atoms with Crippen molar-refractivity contribution in [2.75, 3.05) is 24.6 Å². The minimum Gasteiger partial charge on any atom is -0.396 e. The molecule has 1 atom stereocenters. The van der Waals surface area contributed by atoms with E-state index in [2.05, 4.69) is 37.8 Å². The molecule has 1 aliphatic heterocycles. The number of aliphatic hydroxyl groups is 1. The molecule has 1 saturated heterocycles. The maximum absolute atomic E-state index is 9.31. The number of piperidine rings is 1. The number of aryl methyl sites for hydroxylation is 3. The van der Waals surface area contributed by atoms with Gasteiger partial charge in [0.05, 0.1) is 0 Å². The normalized spacial score (nSPS) is 20.7. The third kappa shape index (κ3) is 2.63. The highest BCUT2D eigenvalue weighted by molar-refractivity contribution is 5.60. The summed E-state index contributed by atoms with van der Waals surface area (Å²) in [4.78, 5) is 2.45. The van der Waals surface area contributed by atoms with Gasteiger partial charge in [-0.25, -0.2) is 0 Å². The molecule has 94 valence electrons. The first-order valence-electron chi connectivity index (χ1n) is 6.55. The molecule has 2 nitrogen and oxygen atoms in total. The second-order valence-corrected chi connectivity index (χ2v) is 5.38. The van der Waals surface area contributed by atoms with Gasteiger partial charge in [0.1, 0.15) is 0 Å². The van der Waals surface area contributed by atoms with Crippen LogP contribution in [0.4, 0.5) is 5.69 Å². The highest BCUT2D eigenvalue weighted by Gasteiger charge is 2.21. The van der Waals surface area contributed by atoms with E-state index in [1.165, 1.54) is 28.8 Å². The van der Waals surface area contributed by atoms with Gasteiger partial charge in [-0.05, 0) is 50.7 Å². The summed E-state index contributed by atoms with van der Waals surface area (Å²) in [6, 6.07) is 4.51. The number of hydrogen-bond donors (Lipinski definition) is 1. The molecule has 2 heteroatoms. The summed E-state index contributed by atoms with van der Waals surface area (Å²) in [5.74, 6) is 0.448. The van der Waals surface area contributed by atoms with Crippen molar-refractivity contribution in [2.45, 2.75) is 33.6 Å². The number of rotatable bonds is 2. The monoisotopic (exact) mass is 233 g/mol. The molecule has 0 spiro atoms. The van der Waals surface area contributed by atoms with Gasteiger partial charge < -0.3 is 10.0 Å². The summed E-state index contributed by atoms with van der Waals surface area (Å²) in [6.45, 7) is 8.98. The molecular formula is C15H23NO. The Labute approximate surface area is 104 Å². The average molecular weight is 233 g/mol. The van der Waals surface area contributed by atoms with Crippen LogP contribution in [0.2, 0.25) is 0 Å². The van der Waals surface area contributed by atoms with Crippen molar-refractivity contribution in [3.8, 4) is 0 Å². The van der Waals surface area contributed by atoms with Crippen molar-refractivity contribution < 1.29 is 5.11 Å². The lowest BCUT2D eigenvalue weighted by Gasteiger charge is -2.35. The van der Waals surface area contributed by atoms with Crippen LogP contribution in [0.5, 0.6) is 0 Å². The van der Waals surface area contributed by atoms with E-state index in [0.717, 1.165) is 19.5 Å². The largest absolute Gasteiger partial charge is 0.396 e. The smallest absolute Gasteiger partial charge is 0.0476 e. The van der Waals surface area contributed by atoms with E-state index in [1.807, 2.05) is 0 Å². The third-order valence-electron chi connectivity index (χ3n) is 3.73. The second kappa shape index (κ2) is 5.09. The number of nitrogens with zero attached hydrogens (tertiary/aromatic N) is 1. The second-order valence-electron chi connectivity index (χ2n) is 5.38. The lowest BCUT2D eigenvalue weighted by molar-refractivity contribution is 0.208. The number of benzene rings is 1. The first-order chi connectivity index (χ1) is 8.11. The molecular weight excluding hydrogens is 210 g/mol. The van der Waals surface area contributed by atoms with E-state index < -0.39 is 0 Å². The predicted octanol–water partition coefficient (Wildman–Crippen LogP) is 2.82. The lowest BCUT2D eigenvalue weighted by Crippen LogP contribution is -2.37. The molecule has 1 aliphatic rings. The third-order valence-corrected chi connectivity index (χ3v) is 3.73. The van der Waals surface area contributed by atoms with Crippen molar-refractivity contribution in [1.29, 1.82) is 0 Å². The predicted molar refractivity (Wildman–Crippen MR) is 72.7 cm³/mol. The molecule has 0 aromatic heterocycles. The fourth-order valence-corrected chi connectivity index (χ4v) is 3.09. The molecule has 1 aromatic rings. The Bertz CT molecular complexity index is 377. The van der Waals surface area contributed by atoms with Crippen LogP contribution in [-0.2, 0) is 0 Å². The SMILES string of the molecule is Cc1cc(C)c(N2CCCC(CO)C2)c(C)c1. The quantitative estimate of drug-likeness (QED) is 0.849. The Balaban J connectivity index is 2.27. The number of hydrogen-bond acceptors (Lipinski definition) is 2. The van der Waals surface area contributed by atoms with Gasteiger partial charge in [0.2, 0.25) is 0 Å². The van der Waals surface area contributed by atoms with Crippen LogP contribution in [0.1, 0.15) is 29.5 Å². The van der Waals surface area contributed by atoms with Gasteiger partial charge in [-0.3, -0.25) is 0 Å². The van der Waals surface area contributed by atoms with Crippen molar-refractivity contribution in [1.82, 2.24) is 0 Å². The Morgan fingerprint density at radius 3 is 2.47 bits per heavy atom. The molecule has 0 saturated carbocycles. The molecule has 1 heterocycles. The Morgan fingerprint density at radius 2 is 1.88 bits per heavy atom.